The van der Waals surface area contributed by atoms with Crippen molar-refractivity contribution in [2.24, 2.45) is 0 Å². The lowest BCUT2D eigenvalue weighted by molar-refractivity contribution is 0.178. The van der Waals surface area contributed by atoms with Gasteiger partial charge in [-0.25, -0.2) is 9.18 Å². The summed E-state index contributed by atoms with van der Waals surface area (Å²) in [4.78, 5) is 14.6. The largest absolute Gasteiger partial charge is 0.322 e. The maximum atomic E-state index is 14.1. The quantitative estimate of drug-likeness (QED) is 0.719. The van der Waals surface area contributed by atoms with Gasteiger partial charge in [0.2, 0.25) is 0 Å². The fourth-order valence-electron chi connectivity index (χ4n) is 3.80. The van der Waals surface area contributed by atoms with Gasteiger partial charge in [-0.1, -0.05) is 35.3 Å². The van der Waals surface area contributed by atoms with Crippen molar-refractivity contribution >= 4 is 34.9 Å². The average molecular weight is 365 g/mol. The molecular formula is C18H15Cl2FN2O. The molecule has 2 aliphatic rings. The van der Waals surface area contributed by atoms with Gasteiger partial charge in [0.25, 0.3) is 0 Å². The molecule has 0 unspecified atom stereocenters. The number of halogens is 3. The second-order valence-electron chi connectivity index (χ2n) is 6.23. The summed E-state index contributed by atoms with van der Waals surface area (Å²) < 4.78 is 14.1. The van der Waals surface area contributed by atoms with Crippen LogP contribution >= 0.6 is 23.2 Å². The van der Waals surface area contributed by atoms with Crippen molar-refractivity contribution in [2.75, 3.05) is 5.32 Å². The van der Waals surface area contributed by atoms with E-state index in [0.29, 0.717) is 22.2 Å². The van der Waals surface area contributed by atoms with Crippen LogP contribution in [0.4, 0.5) is 14.9 Å². The molecule has 0 saturated carbocycles. The Bertz CT molecular complexity index is 827. The van der Waals surface area contributed by atoms with Crippen molar-refractivity contribution in [1.29, 1.82) is 0 Å². The Hall–Kier alpha value is -1.78. The van der Waals surface area contributed by atoms with Gasteiger partial charge in [-0.2, -0.15) is 0 Å². The number of fused-ring (bicyclic) bond motifs is 4. The van der Waals surface area contributed by atoms with E-state index in [9.17, 15) is 9.18 Å². The van der Waals surface area contributed by atoms with Gasteiger partial charge in [-0.15, -0.1) is 0 Å². The molecule has 2 bridgehead atoms. The third-order valence-corrected chi connectivity index (χ3v) is 5.60. The predicted molar refractivity (Wildman–Crippen MR) is 93.2 cm³/mol. The van der Waals surface area contributed by atoms with E-state index in [1.54, 1.807) is 24.3 Å². The zero-order chi connectivity index (χ0) is 16.8. The summed E-state index contributed by atoms with van der Waals surface area (Å²) in [5, 5.41) is 3.71. The number of nitrogens with zero attached hydrogens (tertiary/aromatic N) is 1. The normalized spacial score (nSPS) is 21.5. The highest BCUT2D eigenvalue weighted by Gasteiger charge is 2.43. The molecule has 1 N–H and O–H groups in total. The van der Waals surface area contributed by atoms with Crippen molar-refractivity contribution in [2.45, 2.75) is 31.3 Å². The van der Waals surface area contributed by atoms with Crippen LogP contribution in [0.5, 0.6) is 0 Å². The summed E-state index contributed by atoms with van der Waals surface area (Å²) in [5.41, 5.74) is 2.27. The Morgan fingerprint density at radius 1 is 1.17 bits per heavy atom. The summed E-state index contributed by atoms with van der Waals surface area (Å²) in [5.74, 6) is -0.172. The molecule has 0 aromatic heterocycles. The summed E-state index contributed by atoms with van der Waals surface area (Å²) in [6.45, 7) is 0. The molecule has 124 valence electrons. The zero-order valence-electron chi connectivity index (χ0n) is 12.7. The Labute approximate surface area is 149 Å². The van der Waals surface area contributed by atoms with E-state index in [1.807, 2.05) is 11.0 Å². The van der Waals surface area contributed by atoms with Crippen LogP contribution in [0, 0.1) is 5.82 Å². The molecule has 0 aliphatic carbocycles. The topological polar surface area (TPSA) is 32.3 Å². The minimum absolute atomic E-state index is 0.0298. The van der Waals surface area contributed by atoms with Crippen LogP contribution in [0.15, 0.2) is 36.4 Å². The van der Waals surface area contributed by atoms with Crippen LogP contribution < -0.4 is 5.32 Å². The molecule has 1 fully saturated rings. The Morgan fingerprint density at radius 2 is 2.00 bits per heavy atom. The molecule has 2 atom stereocenters. The first kappa shape index (κ1) is 15.7. The monoisotopic (exact) mass is 364 g/mol. The number of hydrogen-bond acceptors (Lipinski definition) is 1. The standard InChI is InChI=1S/C18H15Cl2FN2O/c19-14-6-4-10(8-15(14)20)22-18(24)23-11-5-7-17(23)12-2-1-3-16(21)13(12)9-11/h1-4,6,8,11,17H,5,7,9H2,(H,22,24)/t11-,17+/m0/s1. The lowest BCUT2D eigenvalue weighted by Crippen LogP contribution is -2.44. The van der Waals surface area contributed by atoms with Crippen LogP contribution in [0.25, 0.3) is 0 Å². The number of nitrogens with one attached hydrogen (secondary N) is 1. The second kappa shape index (κ2) is 5.94. The molecule has 24 heavy (non-hydrogen) atoms. The summed E-state index contributed by atoms with van der Waals surface area (Å²) in [6.07, 6.45) is 2.30. The van der Waals surface area contributed by atoms with E-state index in [2.05, 4.69) is 5.32 Å². The highest BCUT2D eigenvalue weighted by Crippen LogP contribution is 2.44. The number of urea groups is 1. The van der Waals surface area contributed by atoms with Gasteiger partial charge in [0.15, 0.2) is 0 Å². The van der Waals surface area contributed by atoms with Gasteiger partial charge in [0.1, 0.15) is 5.82 Å². The van der Waals surface area contributed by atoms with E-state index < -0.39 is 0 Å². The van der Waals surface area contributed by atoms with Gasteiger partial charge in [0, 0.05) is 11.7 Å². The minimum Gasteiger partial charge on any atom is -0.314 e. The van der Waals surface area contributed by atoms with Gasteiger partial charge in [0.05, 0.1) is 16.1 Å². The van der Waals surface area contributed by atoms with Crippen molar-refractivity contribution in [3.05, 3.63) is 63.4 Å². The third kappa shape index (κ3) is 2.54. The molecule has 2 heterocycles. The van der Waals surface area contributed by atoms with E-state index in [-0.39, 0.29) is 23.9 Å². The van der Waals surface area contributed by atoms with Crippen LogP contribution in [0.2, 0.25) is 10.0 Å². The molecule has 6 heteroatoms. The second-order valence-corrected chi connectivity index (χ2v) is 7.04. The molecular weight excluding hydrogens is 350 g/mol. The number of anilines is 1. The maximum Gasteiger partial charge on any atom is 0.322 e. The van der Waals surface area contributed by atoms with Crippen molar-refractivity contribution < 1.29 is 9.18 Å². The Morgan fingerprint density at radius 3 is 2.79 bits per heavy atom. The van der Waals surface area contributed by atoms with Crippen molar-refractivity contribution in [3.8, 4) is 0 Å². The molecule has 2 aromatic carbocycles. The first-order valence-corrected chi connectivity index (χ1v) is 8.62. The molecule has 2 amide bonds. The lowest BCUT2D eigenvalue weighted by Gasteiger charge is -2.36. The zero-order valence-corrected chi connectivity index (χ0v) is 14.2. The van der Waals surface area contributed by atoms with Crippen LogP contribution in [-0.4, -0.2) is 17.0 Å². The Kier molecular flexibility index (Phi) is 3.89. The lowest BCUT2D eigenvalue weighted by atomic mass is 9.93. The van der Waals surface area contributed by atoms with E-state index >= 15 is 0 Å². The number of hydrogen-bond donors (Lipinski definition) is 1. The SMILES string of the molecule is O=C(Nc1ccc(Cl)c(Cl)c1)N1[C@H]2CC[C@@H]1c1cccc(F)c1C2. The molecule has 3 nitrogen and oxygen atoms in total. The number of carbonyl (C=O) groups excluding carboxylic acids is 1. The summed E-state index contributed by atoms with van der Waals surface area (Å²) in [6, 6.07) is 9.88. The smallest absolute Gasteiger partial charge is 0.314 e. The average Bonchev–Trinajstić information content (AvgIpc) is 2.87. The molecule has 2 aromatic rings. The molecule has 1 saturated heterocycles. The van der Waals surface area contributed by atoms with Gasteiger partial charge in [-0.3, -0.25) is 0 Å². The highest BCUT2D eigenvalue weighted by atomic mass is 35.5. The third-order valence-electron chi connectivity index (χ3n) is 4.86. The highest BCUT2D eigenvalue weighted by molar-refractivity contribution is 6.42. The molecule has 0 radical (unpaired) electrons. The summed E-state index contributed by atoms with van der Waals surface area (Å²) >= 11 is 11.9. The first-order valence-electron chi connectivity index (χ1n) is 7.86. The fraction of sp³-hybridized carbons (Fsp3) is 0.278. The Balaban J connectivity index is 1.61. The minimum atomic E-state index is -0.184. The maximum absolute atomic E-state index is 14.1. The van der Waals surface area contributed by atoms with Crippen LogP contribution in [-0.2, 0) is 6.42 Å². The van der Waals surface area contributed by atoms with E-state index in [1.165, 1.54) is 6.07 Å². The number of rotatable bonds is 1. The van der Waals surface area contributed by atoms with Gasteiger partial charge >= 0.3 is 6.03 Å². The molecule has 0 spiro atoms. The van der Waals surface area contributed by atoms with Crippen molar-refractivity contribution in [3.63, 3.8) is 0 Å². The number of benzene rings is 2. The predicted octanol–water partition coefficient (Wildman–Crippen LogP) is 5.43. The number of amides is 2. The molecule has 2 aliphatic heterocycles. The fourth-order valence-corrected chi connectivity index (χ4v) is 4.09. The van der Waals surface area contributed by atoms with E-state index in [4.69, 9.17) is 23.2 Å². The van der Waals surface area contributed by atoms with Crippen LogP contribution in [0.1, 0.15) is 30.0 Å². The van der Waals surface area contributed by atoms with Crippen LogP contribution in [0.3, 0.4) is 0 Å². The van der Waals surface area contributed by atoms with E-state index in [0.717, 1.165) is 24.0 Å². The molecule has 4 rings (SSSR count). The van der Waals surface area contributed by atoms with Crippen molar-refractivity contribution in [1.82, 2.24) is 4.90 Å². The van der Waals surface area contributed by atoms with Gasteiger partial charge < -0.3 is 10.2 Å². The number of carbonyl (C=O) groups is 1. The van der Waals surface area contributed by atoms with Gasteiger partial charge in [-0.05, 0) is 54.7 Å². The first-order chi connectivity index (χ1) is 11.5. The summed E-state index contributed by atoms with van der Waals surface area (Å²) in [7, 11) is 0.